The molecule has 0 aromatic carbocycles. The van der Waals surface area contributed by atoms with Crippen LogP contribution in [0.3, 0.4) is 0 Å². The number of amides is 1. The summed E-state index contributed by atoms with van der Waals surface area (Å²) in [4.78, 5) is 39.4. The van der Waals surface area contributed by atoms with Gasteiger partial charge in [-0.15, -0.1) is 0 Å². The van der Waals surface area contributed by atoms with E-state index in [0.717, 1.165) is 0 Å². The maximum atomic E-state index is 12.8. The van der Waals surface area contributed by atoms with E-state index >= 15 is 0 Å². The van der Waals surface area contributed by atoms with Gasteiger partial charge in [0, 0.05) is 19.3 Å². The molecule has 2 rings (SSSR count). The van der Waals surface area contributed by atoms with Crippen LogP contribution in [0.1, 0.15) is 54.2 Å². The van der Waals surface area contributed by atoms with Gasteiger partial charge < -0.3 is 24.0 Å². The Morgan fingerprint density at radius 3 is 2.17 bits per heavy atom. The number of aromatic nitrogens is 2. The molecule has 206 valence electrons. The van der Waals surface area contributed by atoms with Crippen molar-refractivity contribution in [2.24, 2.45) is 0 Å². The lowest BCUT2D eigenvalue weighted by Crippen LogP contribution is -2.58. The number of nitrogens with one attached hydrogen (secondary N) is 2. The van der Waals surface area contributed by atoms with E-state index in [-0.39, 0.29) is 23.1 Å². The normalized spacial score (nSPS) is 25.7. The van der Waals surface area contributed by atoms with Crippen molar-refractivity contribution in [3.05, 3.63) is 33.1 Å². The van der Waals surface area contributed by atoms with E-state index in [1.807, 2.05) is 13.1 Å². The van der Waals surface area contributed by atoms with Crippen LogP contribution in [0.2, 0.25) is 36.3 Å². The molecule has 12 heteroatoms. The second kappa shape index (κ2) is 10.3. The van der Waals surface area contributed by atoms with Gasteiger partial charge in [-0.3, -0.25) is 19.1 Å². The molecule has 0 radical (unpaired) electrons. The van der Waals surface area contributed by atoms with Crippen molar-refractivity contribution in [1.82, 2.24) is 14.9 Å². The molecule has 1 aromatic heterocycles. The van der Waals surface area contributed by atoms with E-state index in [2.05, 4.69) is 64.9 Å². The van der Waals surface area contributed by atoms with Crippen molar-refractivity contribution >= 4 is 22.5 Å². The average molecular weight is 544 g/mol. The highest BCUT2D eigenvalue weighted by Gasteiger charge is 2.60. The Morgan fingerprint density at radius 1 is 1.14 bits per heavy atom. The molecule has 0 unspecified atom stereocenters. The number of aliphatic hydroxyl groups is 1. The highest BCUT2D eigenvalue weighted by atomic mass is 28.4. The summed E-state index contributed by atoms with van der Waals surface area (Å²) in [6, 6.07) is 1.21. The summed E-state index contributed by atoms with van der Waals surface area (Å²) in [6.45, 7) is 20.8. The van der Waals surface area contributed by atoms with E-state index in [0.29, 0.717) is 0 Å². The van der Waals surface area contributed by atoms with Gasteiger partial charge in [0.25, 0.3) is 5.56 Å². The minimum absolute atomic E-state index is 0.0238. The number of nitrogens with zero attached hydrogens (tertiary/aromatic N) is 1. The first-order chi connectivity index (χ1) is 16.2. The molecular formula is C24H45N3O7Si2. The summed E-state index contributed by atoms with van der Waals surface area (Å²) in [5, 5.41) is 14.4. The Labute approximate surface area is 216 Å². The summed E-state index contributed by atoms with van der Waals surface area (Å²) in [7, 11) is -3.28. The third-order valence-electron chi connectivity index (χ3n) is 8.09. The summed E-state index contributed by atoms with van der Waals surface area (Å²) in [5.41, 5.74) is -3.03. The van der Waals surface area contributed by atoms with Crippen LogP contribution in [0, 0.1) is 0 Å². The first-order valence-corrected chi connectivity index (χ1v) is 18.2. The molecule has 1 aromatic rings. The van der Waals surface area contributed by atoms with Crippen LogP contribution in [0.25, 0.3) is 0 Å². The zero-order valence-electron chi connectivity index (χ0n) is 23.6. The molecule has 0 saturated carbocycles. The number of rotatable bonds is 8. The third kappa shape index (κ3) is 6.28. The molecule has 0 bridgehead atoms. The number of hydrogen-bond acceptors (Lipinski definition) is 7. The monoisotopic (exact) mass is 543 g/mol. The predicted molar refractivity (Wildman–Crippen MR) is 144 cm³/mol. The van der Waals surface area contributed by atoms with Crippen molar-refractivity contribution in [1.29, 1.82) is 0 Å². The number of H-pyrrole nitrogens is 1. The van der Waals surface area contributed by atoms with Gasteiger partial charge in [0.05, 0.1) is 13.0 Å². The van der Waals surface area contributed by atoms with Gasteiger partial charge in [0.2, 0.25) is 5.91 Å². The molecule has 36 heavy (non-hydrogen) atoms. The highest BCUT2D eigenvalue weighted by Crippen LogP contribution is 2.47. The fourth-order valence-corrected chi connectivity index (χ4v) is 5.84. The standard InChI is InChI=1S/C24H45N3O7Si2/c1-22(2,3)35(8,9)32-15-16-24(31,14-18(29)25-7)19(34-36(10,11)23(4,5)6)20(33-16)27-13-12-17(28)26-21(27)30/h12-13,16,19-20,31H,14-15H2,1-11H3,(H,25,29)(H,26,28,30)/t16-,19+,20-,24-/m1/s1. The summed E-state index contributed by atoms with van der Waals surface area (Å²) < 4.78 is 20.6. The molecule has 1 amide bonds. The van der Waals surface area contributed by atoms with Gasteiger partial charge in [-0.1, -0.05) is 41.5 Å². The van der Waals surface area contributed by atoms with E-state index in [9.17, 15) is 19.5 Å². The van der Waals surface area contributed by atoms with Gasteiger partial charge in [-0.2, -0.15) is 0 Å². The third-order valence-corrected chi connectivity index (χ3v) is 17.0. The van der Waals surface area contributed by atoms with Crippen LogP contribution < -0.4 is 16.6 Å². The van der Waals surface area contributed by atoms with Crippen LogP contribution in [0.5, 0.6) is 0 Å². The lowest BCUT2D eigenvalue weighted by Gasteiger charge is -2.43. The van der Waals surface area contributed by atoms with E-state index in [4.69, 9.17) is 13.6 Å². The highest BCUT2D eigenvalue weighted by molar-refractivity contribution is 6.74. The Kier molecular flexibility index (Phi) is 8.76. The topological polar surface area (TPSA) is 132 Å². The van der Waals surface area contributed by atoms with Crippen molar-refractivity contribution in [2.75, 3.05) is 13.7 Å². The predicted octanol–water partition coefficient (Wildman–Crippen LogP) is 2.71. The fraction of sp³-hybridized carbons (Fsp3) is 0.792. The molecular weight excluding hydrogens is 498 g/mol. The fourth-order valence-electron chi connectivity index (χ4n) is 3.53. The number of carbonyl (C=O) groups is 1. The Bertz CT molecular complexity index is 1060. The number of hydrogen-bond donors (Lipinski definition) is 3. The van der Waals surface area contributed by atoms with E-state index in [1.165, 1.54) is 23.9 Å². The van der Waals surface area contributed by atoms with Gasteiger partial charge >= 0.3 is 5.69 Å². The molecule has 10 nitrogen and oxygen atoms in total. The molecule has 1 aliphatic rings. The number of ether oxygens (including phenoxy) is 1. The van der Waals surface area contributed by atoms with Crippen LogP contribution in [0.15, 0.2) is 21.9 Å². The second-order valence-electron chi connectivity index (χ2n) is 12.7. The molecule has 1 saturated heterocycles. The molecule has 0 spiro atoms. The minimum atomic E-state index is -2.53. The Morgan fingerprint density at radius 2 is 1.69 bits per heavy atom. The first kappa shape index (κ1) is 30.6. The maximum absolute atomic E-state index is 12.8. The minimum Gasteiger partial charge on any atom is -0.414 e. The van der Waals surface area contributed by atoms with Crippen LogP contribution in [0.4, 0.5) is 0 Å². The molecule has 2 heterocycles. The van der Waals surface area contributed by atoms with Gasteiger partial charge in [0.1, 0.15) is 17.8 Å². The lowest BCUT2D eigenvalue weighted by molar-refractivity contribution is -0.135. The largest absolute Gasteiger partial charge is 0.414 e. The van der Waals surface area contributed by atoms with Crippen molar-refractivity contribution in [3.8, 4) is 0 Å². The van der Waals surface area contributed by atoms with Gasteiger partial charge in [-0.25, -0.2) is 4.79 Å². The summed E-state index contributed by atoms with van der Waals surface area (Å²) in [5.74, 6) is -0.392. The average Bonchev–Trinajstić information content (AvgIpc) is 2.95. The van der Waals surface area contributed by atoms with Crippen molar-refractivity contribution in [3.63, 3.8) is 0 Å². The lowest BCUT2D eigenvalue weighted by atomic mass is 9.88. The van der Waals surface area contributed by atoms with E-state index < -0.39 is 57.8 Å². The Hall–Kier alpha value is -1.58. The van der Waals surface area contributed by atoms with Crippen LogP contribution in [-0.2, 0) is 18.4 Å². The van der Waals surface area contributed by atoms with Crippen LogP contribution in [-0.4, -0.2) is 68.7 Å². The maximum Gasteiger partial charge on any atom is 0.330 e. The second-order valence-corrected chi connectivity index (χ2v) is 22.3. The zero-order valence-corrected chi connectivity index (χ0v) is 25.6. The van der Waals surface area contributed by atoms with E-state index in [1.54, 1.807) is 0 Å². The van der Waals surface area contributed by atoms with Gasteiger partial charge in [0.15, 0.2) is 22.9 Å². The Balaban J connectivity index is 2.64. The quantitative estimate of drug-likeness (QED) is 0.430. The van der Waals surface area contributed by atoms with Crippen molar-refractivity contribution < 1.29 is 23.5 Å². The SMILES string of the molecule is CNC(=O)C[C@@]1(O)[C@@H](CO[Si](C)(C)C(C)(C)C)O[C@@H](n2ccc(=O)[nH]c2=O)[C@@H]1O[Si](C)(C)C(C)(C)C. The molecule has 1 aliphatic heterocycles. The van der Waals surface area contributed by atoms with Crippen molar-refractivity contribution in [2.45, 2.75) is 108 Å². The molecule has 0 aliphatic carbocycles. The first-order valence-electron chi connectivity index (χ1n) is 12.4. The van der Waals surface area contributed by atoms with Crippen LogP contribution >= 0.6 is 0 Å². The molecule has 3 N–H and O–H groups in total. The number of carbonyl (C=O) groups excluding carboxylic acids is 1. The number of aromatic amines is 1. The zero-order chi connectivity index (χ0) is 27.9. The van der Waals surface area contributed by atoms with Gasteiger partial charge in [-0.05, 0) is 36.3 Å². The molecule has 1 fully saturated rings. The molecule has 4 atom stereocenters. The summed E-state index contributed by atoms with van der Waals surface area (Å²) >= 11 is 0. The smallest absolute Gasteiger partial charge is 0.330 e. The summed E-state index contributed by atoms with van der Waals surface area (Å²) in [6.07, 6.45) is -2.07.